The summed E-state index contributed by atoms with van der Waals surface area (Å²) in [6.45, 7) is 2.36. The molecule has 0 spiro atoms. The Hall–Kier alpha value is -4.47. The molecule has 2 nitrogen and oxygen atoms in total. The van der Waals surface area contributed by atoms with E-state index < -0.39 is 0 Å². The van der Waals surface area contributed by atoms with Crippen LogP contribution in [0.5, 0.6) is 0 Å². The standard InChI is InChI=1S/C39H32N2S/c1-26-11-9-17-34-33-16-5-8-20-38(33)41(39(26)34)30-22-21-28(25-42-2)35(24-30)27-12-10-13-29(23-27)40-36-18-6-3-14-31(36)32-15-4-7-19-37(32)40/h3-10,12-24,26H,11,25H2,1-2H3. The molecule has 1 aliphatic carbocycles. The molecule has 2 aromatic heterocycles. The van der Waals surface area contributed by atoms with E-state index in [4.69, 9.17) is 0 Å². The molecule has 3 heteroatoms. The minimum Gasteiger partial charge on any atom is -0.313 e. The van der Waals surface area contributed by atoms with Crippen molar-refractivity contribution in [1.29, 1.82) is 0 Å². The molecule has 0 fully saturated rings. The molecule has 0 radical (unpaired) electrons. The Morgan fingerprint density at radius 1 is 0.667 bits per heavy atom. The van der Waals surface area contributed by atoms with Gasteiger partial charge in [-0.15, -0.1) is 0 Å². The van der Waals surface area contributed by atoms with Crippen LogP contribution in [0, 0.1) is 0 Å². The van der Waals surface area contributed by atoms with Crippen LogP contribution >= 0.6 is 11.8 Å². The first kappa shape index (κ1) is 25.3. The lowest BCUT2D eigenvalue weighted by molar-refractivity contribution is 0.723. The molecule has 42 heavy (non-hydrogen) atoms. The highest BCUT2D eigenvalue weighted by atomic mass is 32.2. The first-order valence-electron chi connectivity index (χ1n) is 14.7. The number of rotatable bonds is 5. The maximum atomic E-state index is 2.52. The number of aromatic nitrogens is 2. The van der Waals surface area contributed by atoms with Crippen LogP contribution in [0.4, 0.5) is 0 Å². The average molecular weight is 561 g/mol. The van der Waals surface area contributed by atoms with Crippen molar-refractivity contribution in [2.75, 3.05) is 6.26 Å². The van der Waals surface area contributed by atoms with Crippen LogP contribution in [0.1, 0.15) is 36.1 Å². The van der Waals surface area contributed by atoms with E-state index in [1.165, 1.54) is 72.0 Å². The summed E-state index contributed by atoms with van der Waals surface area (Å²) < 4.78 is 4.93. The molecule has 1 aliphatic rings. The Balaban J connectivity index is 1.35. The molecule has 204 valence electrons. The monoisotopic (exact) mass is 560 g/mol. The van der Waals surface area contributed by atoms with Gasteiger partial charge in [0.05, 0.1) is 16.6 Å². The lowest BCUT2D eigenvalue weighted by Crippen LogP contribution is -2.07. The lowest BCUT2D eigenvalue weighted by Gasteiger charge is -2.21. The Bertz CT molecular complexity index is 2110. The molecule has 0 amide bonds. The van der Waals surface area contributed by atoms with Crippen LogP contribution in [0.25, 0.3) is 61.3 Å². The number of hydrogen-bond acceptors (Lipinski definition) is 1. The highest BCUT2D eigenvalue weighted by molar-refractivity contribution is 7.97. The fourth-order valence-electron chi connectivity index (χ4n) is 6.99. The second-order valence-corrected chi connectivity index (χ2v) is 12.3. The molecule has 0 bridgehead atoms. The molecule has 8 rings (SSSR count). The van der Waals surface area contributed by atoms with Crippen LogP contribution in [-0.2, 0) is 5.75 Å². The number of thioether (sulfide) groups is 1. The minimum absolute atomic E-state index is 0.463. The summed E-state index contributed by atoms with van der Waals surface area (Å²) in [5.74, 6) is 1.43. The predicted molar refractivity (Wildman–Crippen MR) is 182 cm³/mol. The summed E-state index contributed by atoms with van der Waals surface area (Å²) in [7, 11) is 0. The normalized spacial score (nSPS) is 14.7. The molecular weight excluding hydrogens is 529 g/mol. The summed E-state index contributed by atoms with van der Waals surface area (Å²) in [6, 6.07) is 42.5. The van der Waals surface area contributed by atoms with Crippen molar-refractivity contribution in [3.05, 3.63) is 138 Å². The zero-order chi connectivity index (χ0) is 28.2. The van der Waals surface area contributed by atoms with Crippen molar-refractivity contribution in [3.8, 4) is 22.5 Å². The highest BCUT2D eigenvalue weighted by Gasteiger charge is 2.23. The number of allylic oxidation sites excluding steroid dienone is 1. The summed E-state index contributed by atoms with van der Waals surface area (Å²) in [5.41, 5.74) is 12.9. The predicted octanol–water partition coefficient (Wildman–Crippen LogP) is 10.8. The van der Waals surface area contributed by atoms with Crippen LogP contribution in [0.3, 0.4) is 0 Å². The number of benzene rings is 5. The van der Waals surface area contributed by atoms with E-state index in [0.29, 0.717) is 5.92 Å². The summed E-state index contributed by atoms with van der Waals surface area (Å²) in [4.78, 5) is 0. The minimum atomic E-state index is 0.463. The van der Waals surface area contributed by atoms with Crippen LogP contribution < -0.4 is 0 Å². The van der Waals surface area contributed by atoms with Crippen molar-refractivity contribution in [3.63, 3.8) is 0 Å². The van der Waals surface area contributed by atoms with E-state index in [1.807, 2.05) is 11.8 Å². The quantitative estimate of drug-likeness (QED) is 0.204. The first-order chi connectivity index (χ1) is 20.7. The summed E-state index contributed by atoms with van der Waals surface area (Å²) in [5, 5.41) is 3.91. The topological polar surface area (TPSA) is 9.86 Å². The molecule has 0 saturated carbocycles. The second kappa shape index (κ2) is 10.1. The first-order valence-corrected chi connectivity index (χ1v) is 16.1. The third-order valence-corrected chi connectivity index (χ3v) is 9.44. The van der Waals surface area contributed by atoms with Crippen LogP contribution in [0.15, 0.2) is 121 Å². The van der Waals surface area contributed by atoms with Gasteiger partial charge in [0.25, 0.3) is 0 Å². The van der Waals surface area contributed by atoms with Crippen molar-refractivity contribution >= 4 is 50.5 Å². The fraction of sp³-hybridized carbons (Fsp3) is 0.128. The molecule has 1 unspecified atom stereocenters. The Morgan fingerprint density at radius 3 is 2.02 bits per heavy atom. The van der Waals surface area contributed by atoms with Gasteiger partial charge in [0.2, 0.25) is 0 Å². The zero-order valence-electron chi connectivity index (χ0n) is 23.9. The molecule has 1 atom stereocenters. The van der Waals surface area contributed by atoms with Gasteiger partial charge in [-0.2, -0.15) is 11.8 Å². The third-order valence-electron chi connectivity index (χ3n) is 8.84. The molecule has 5 aromatic carbocycles. The number of nitrogens with zero attached hydrogens (tertiary/aromatic N) is 2. The largest absolute Gasteiger partial charge is 0.313 e. The molecule has 2 heterocycles. The van der Waals surface area contributed by atoms with Gasteiger partial charge >= 0.3 is 0 Å². The van der Waals surface area contributed by atoms with Gasteiger partial charge in [-0.05, 0) is 71.8 Å². The second-order valence-electron chi connectivity index (χ2n) is 11.4. The van der Waals surface area contributed by atoms with Gasteiger partial charge in [0, 0.05) is 50.5 Å². The van der Waals surface area contributed by atoms with Gasteiger partial charge in [0.1, 0.15) is 0 Å². The van der Waals surface area contributed by atoms with E-state index in [9.17, 15) is 0 Å². The van der Waals surface area contributed by atoms with E-state index in [0.717, 1.165) is 12.2 Å². The van der Waals surface area contributed by atoms with Crippen molar-refractivity contribution in [2.24, 2.45) is 0 Å². The van der Waals surface area contributed by atoms with Gasteiger partial charge in [-0.25, -0.2) is 0 Å². The van der Waals surface area contributed by atoms with E-state index >= 15 is 0 Å². The molecule has 0 N–H and O–H groups in total. The van der Waals surface area contributed by atoms with Crippen LogP contribution in [0.2, 0.25) is 0 Å². The van der Waals surface area contributed by atoms with E-state index in [2.05, 4.69) is 150 Å². The van der Waals surface area contributed by atoms with Gasteiger partial charge in [-0.3, -0.25) is 0 Å². The van der Waals surface area contributed by atoms with Crippen molar-refractivity contribution < 1.29 is 0 Å². The van der Waals surface area contributed by atoms with Gasteiger partial charge < -0.3 is 9.13 Å². The highest BCUT2D eigenvalue weighted by Crippen LogP contribution is 2.41. The lowest BCUT2D eigenvalue weighted by atomic mass is 9.93. The maximum absolute atomic E-state index is 2.52. The Morgan fingerprint density at radius 2 is 1.31 bits per heavy atom. The van der Waals surface area contributed by atoms with Crippen molar-refractivity contribution in [2.45, 2.75) is 25.0 Å². The summed E-state index contributed by atoms with van der Waals surface area (Å²) in [6.07, 6.45) is 7.92. The molecule has 0 saturated heterocycles. The fourth-order valence-corrected chi connectivity index (χ4v) is 7.55. The number of hydrogen-bond donors (Lipinski definition) is 0. The van der Waals surface area contributed by atoms with Gasteiger partial charge in [0.15, 0.2) is 0 Å². The third kappa shape index (κ3) is 3.88. The molecule has 7 aromatic rings. The zero-order valence-corrected chi connectivity index (χ0v) is 24.7. The molecule has 0 aliphatic heterocycles. The van der Waals surface area contributed by atoms with E-state index in [-0.39, 0.29) is 0 Å². The summed E-state index contributed by atoms with van der Waals surface area (Å²) >= 11 is 1.88. The SMILES string of the molecule is CSCc1ccc(-n2c3c(c4ccccc42)C=CCC3C)cc1-c1cccc(-n2c3ccccc3c3ccccc32)c1. The Labute approximate surface area is 250 Å². The van der Waals surface area contributed by atoms with E-state index in [1.54, 1.807) is 0 Å². The van der Waals surface area contributed by atoms with Crippen molar-refractivity contribution in [1.82, 2.24) is 9.13 Å². The smallest absolute Gasteiger partial charge is 0.0541 e. The molecular formula is C39H32N2S. The van der Waals surface area contributed by atoms with Crippen LogP contribution in [-0.4, -0.2) is 15.4 Å². The average Bonchev–Trinajstić information content (AvgIpc) is 3.56. The van der Waals surface area contributed by atoms with Gasteiger partial charge in [-0.1, -0.05) is 91.9 Å². The Kier molecular flexibility index (Phi) is 6.08. The number of para-hydroxylation sites is 3. The number of fused-ring (bicyclic) bond motifs is 6. The maximum Gasteiger partial charge on any atom is 0.0541 e.